The molecule has 1 aliphatic carbocycles. The van der Waals surface area contributed by atoms with Crippen LogP contribution in [-0.4, -0.2) is 58.7 Å². The molecule has 3 atom stereocenters. The minimum Gasteiger partial charge on any atom is -0.396 e. The average Bonchev–Trinajstić information content (AvgIpc) is 2.90. The van der Waals surface area contributed by atoms with Gasteiger partial charge in [0.2, 0.25) is 5.60 Å². The number of fused-ring (bicyclic) bond motifs is 3. The fourth-order valence-corrected chi connectivity index (χ4v) is 4.48. The molecule has 0 aliphatic heterocycles. The molecule has 1 aliphatic rings. The summed E-state index contributed by atoms with van der Waals surface area (Å²) < 4.78 is 63.4. The summed E-state index contributed by atoms with van der Waals surface area (Å²) in [6.07, 6.45) is -6.89. The number of amides is 2. The fourth-order valence-electron chi connectivity index (χ4n) is 4.48. The van der Waals surface area contributed by atoms with Crippen molar-refractivity contribution in [2.24, 2.45) is 5.92 Å². The third kappa shape index (κ3) is 6.80. The molecule has 0 saturated carbocycles. The van der Waals surface area contributed by atoms with E-state index >= 15 is 0 Å². The molecule has 0 aromatic heterocycles. The van der Waals surface area contributed by atoms with Gasteiger partial charge in [0.1, 0.15) is 6.04 Å². The quantitative estimate of drug-likeness (QED) is 0.294. The Morgan fingerprint density at radius 2 is 1.56 bits per heavy atom. The van der Waals surface area contributed by atoms with E-state index < -0.39 is 54.3 Å². The van der Waals surface area contributed by atoms with E-state index in [1.54, 1.807) is 35.6 Å². The fraction of sp³-hybridized carbons (Fsp3) is 0.444. The lowest BCUT2D eigenvalue weighted by Gasteiger charge is -2.27. The van der Waals surface area contributed by atoms with Gasteiger partial charge in [-0.05, 0) is 47.9 Å². The molecule has 4 N–H and O–H groups in total. The zero-order valence-corrected chi connectivity index (χ0v) is 21.0. The molecule has 2 amide bonds. The van der Waals surface area contributed by atoms with Gasteiger partial charge in [-0.25, -0.2) is 0 Å². The second-order valence-electron chi connectivity index (χ2n) is 9.68. The standard InChI is InChI=1S/C27H29F5N2O5/c1-25(39,23(37)33-12-11-26(28,29)27(30,31)32)24(38)34-22-20-9-5-4-8-19(20)18-7-3-2-6-17(18)14-16(10-13-35)15-21(22)36/h2-9,16,22,35,39H,10-15H2,1H3,(H,33,37)(H,34,38)/t16?,22-,25?/m0/s1. The summed E-state index contributed by atoms with van der Waals surface area (Å²) in [5, 5.41) is 24.2. The van der Waals surface area contributed by atoms with Gasteiger partial charge in [-0.2, -0.15) is 22.0 Å². The van der Waals surface area contributed by atoms with Crippen molar-refractivity contribution in [3.05, 3.63) is 59.7 Å². The second kappa shape index (κ2) is 11.8. The highest BCUT2D eigenvalue weighted by atomic mass is 19.4. The van der Waals surface area contributed by atoms with Crippen molar-refractivity contribution >= 4 is 17.6 Å². The lowest BCUT2D eigenvalue weighted by atomic mass is 9.89. The SMILES string of the molecule is CC(O)(C(=O)NCCC(F)(F)C(F)(F)F)C(=O)N[C@@H]1C(=O)CC(CCO)Cc2ccccc2-c2ccccc21. The zero-order chi connectivity index (χ0) is 29.0. The van der Waals surface area contributed by atoms with Crippen molar-refractivity contribution in [3.63, 3.8) is 0 Å². The Morgan fingerprint density at radius 3 is 2.21 bits per heavy atom. The minimum atomic E-state index is -5.82. The van der Waals surface area contributed by atoms with E-state index in [-0.39, 0.29) is 18.9 Å². The summed E-state index contributed by atoms with van der Waals surface area (Å²) in [6.45, 7) is -0.596. The average molecular weight is 557 g/mol. The summed E-state index contributed by atoms with van der Waals surface area (Å²) in [5.74, 6) is -8.67. The van der Waals surface area contributed by atoms with E-state index in [2.05, 4.69) is 5.32 Å². The van der Waals surface area contributed by atoms with Gasteiger partial charge in [-0.1, -0.05) is 48.5 Å². The maximum atomic E-state index is 13.5. The number of rotatable bonds is 8. The van der Waals surface area contributed by atoms with Crippen molar-refractivity contribution in [1.82, 2.24) is 10.6 Å². The Hall–Kier alpha value is -3.38. The monoisotopic (exact) mass is 556 g/mol. The van der Waals surface area contributed by atoms with Gasteiger partial charge in [0.05, 0.1) is 0 Å². The van der Waals surface area contributed by atoms with Crippen molar-refractivity contribution in [2.45, 2.75) is 56.3 Å². The predicted octanol–water partition coefficient (Wildman–Crippen LogP) is 3.48. The number of ketones is 1. The number of hydrogen-bond donors (Lipinski definition) is 4. The molecule has 12 heteroatoms. The molecule has 0 saturated heterocycles. The number of carbonyl (C=O) groups excluding carboxylic acids is 3. The summed E-state index contributed by atoms with van der Waals surface area (Å²) >= 11 is 0. The van der Waals surface area contributed by atoms with Gasteiger partial charge in [0.25, 0.3) is 11.8 Å². The second-order valence-corrected chi connectivity index (χ2v) is 9.68. The van der Waals surface area contributed by atoms with Gasteiger partial charge < -0.3 is 20.8 Å². The van der Waals surface area contributed by atoms with Crippen LogP contribution in [0.5, 0.6) is 0 Å². The molecule has 0 spiro atoms. The van der Waals surface area contributed by atoms with Crippen molar-refractivity contribution in [3.8, 4) is 11.1 Å². The van der Waals surface area contributed by atoms with Gasteiger partial charge in [0, 0.05) is 26.0 Å². The van der Waals surface area contributed by atoms with Gasteiger partial charge in [-0.15, -0.1) is 0 Å². The third-order valence-corrected chi connectivity index (χ3v) is 6.74. The number of carbonyl (C=O) groups is 3. The van der Waals surface area contributed by atoms with Crippen LogP contribution in [-0.2, 0) is 20.8 Å². The van der Waals surface area contributed by atoms with Crippen LogP contribution < -0.4 is 10.6 Å². The third-order valence-electron chi connectivity index (χ3n) is 6.74. The van der Waals surface area contributed by atoms with Crippen molar-refractivity contribution in [1.29, 1.82) is 0 Å². The Kier molecular flexibility index (Phi) is 9.12. The van der Waals surface area contributed by atoms with E-state index in [1.807, 2.05) is 18.2 Å². The van der Waals surface area contributed by atoms with E-state index in [4.69, 9.17) is 0 Å². The Labute approximate surface area is 221 Å². The molecular weight excluding hydrogens is 527 g/mol. The molecule has 212 valence electrons. The first-order valence-corrected chi connectivity index (χ1v) is 12.3. The number of halogens is 5. The van der Waals surface area contributed by atoms with E-state index in [9.17, 15) is 46.5 Å². The Bertz CT molecular complexity index is 1220. The largest absolute Gasteiger partial charge is 0.453 e. The first-order valence-electron chi connectivity index (χ1n) is 12.3. The molecule has 39 heavy (non-hydrogen) atoms. The molecule has 7 nitrogen and oxygen atoms in total. The smallest absolute Gasteiger partial charge is 0.396 e. The number of alkyl halides is 5. The van der Waals surface area contributed by atoms with Crippen LogP contribution in [0.2, 0.25) is 0 Å². The molecule has 0 heterocycles. The van der Waals surface area contributed by atoms with Crippen molar-refractivity contribution < 1.29 is 46.5 Å². The number of aliphatic hydroxyl groups is 2. The Balaban J connectivity index is 1.88. The molecule has 2 aromatic carbocycles. The highest BCUT2D eigenvalue weighted by molar-refractivity contribution is 6.09. The van der Waals surface area contributed by atoms with Gasteiger partial charge in [-0.3, -0.25) is 14.4 Å². The molecule has 0 bridgehead atoms. The van der Waals surface area contributed by atoms with Crippen LogP contribution >= 0.6 is 0 Å². The number of nitrogens with one attached hydrogen (secondary N) is 2. The predicted molar refractivity (Wildman–Crippen MR) is 131 cm³/mol. The molecule has 2 unspecified atom stereocenters. The molecule has 3 rings (SSSR count). The molecular formula is C27H29F5N2O5. The zero-order valence-electron chi connectivity index (χ0n) is 21.0. The maximum absolute atomic E-state index is 13.5. The van der Waals surface area contributed by atoms with Crippen LogP contribution in [0.15, 0.2) is 48.5 Å². The molecule has 0 radical (unpaired) electrons. The highest BCUT2D eigenvalue weighted by Gasteiger charge is 2.56. The van der Waals surface area contributed by atoms with E-state index in [1.165, 1.54) is 0 Å². The van der Waals surface area contributed by atoms with E-state index in [0.29, 0.717) is 24.0 Å². The summed E-state index contributed by atoms with van der Waals surface area (Å²) in [4.78, 5) is 38.9. The highest BCUT2D eigenvalue weighted by Crippen LogP contribution is 2.38. The van der Waals surface area contributed by atoms with Gasteiger partial charge in [0.15, 0.2) is 5.78 Å². The topological polar surface area (TPSA) is 116 Å². The Morgan fingerprint density at radius 1 is 0.949 bits per heavy atom. The van der Waals surface area contributed by atoms with Gasteiger partial charge >= 0.3 is 12.1 Å². The number of benzene rings is 2. The summed E-state index contributed by atoms with van der Waals surface area (Å²) in [6, 6.07) is 12.8. The normalized spacial score (nSPS) is 19.4. The lowest BCUT2D eigenvalue weighted by Crippen LogP contribution is -2.57. The number of Topliss-reactive ketones (excluding diaryl/α,β-unsaturated/α-hetero) is 1. The van der Waals surface area contributed by atoms with Crippen LogP contribution in [0.25, 0.3) is 11.1 Å². The van der Waals surface area contributed by atoms with Crippen LogP contribution in [0.4, 0.5) is 22.0 Å². The lowest BCUT2D eigenvalue weighted by molar-refractivity contribution is -0.283. The van der Waals surface area contributed by atoms with E-state index in [0.717, 1.165) is 18.1 Å². The van der Waals surface area contributed by atoms with Crippen LogP contribution in [0.1, 0.15) is 43.4 Å². The minimum absolute atomic E-state index is 0.0466. The first-order chi connectivity index (χ1) is 18.2. The summed E-state index contributed by atoms with van der Waals surface area (Å²) in [5.41, 5.74) is -0.182. The first kappa shape index (κ1) is 30.2. The molecule has 2 aromatic rings. The molecule has 0 fully saturated rings. The van der Waals surface area contributed by atoms with Crippen LogP contribution in [0.3, 0.4) is 0 Å². The number of hydrogen-bond acceptors (Lipinski definition) is 5. The number of aliphatic hydroxyl groups excluding tert-OH is 1. The maximum Gasteiger partial charge on any atom is 0.453 e. The van der Waals surface area contributed by atoms with Crippen LogP contribution in [0, 0.1) is 5.92 Å². The van der Waals surface area contributed by atoms with Crippen molar-refractivity contribution in [2.75, 3.05) is 13.2 Å². The summed E-state index contributed by atoms with van der Waals surface area (Å²) in [7, 11) is 0.